The first-order chi connectivity index (χ1) is 8.72. The van der Waals surface area contributed by atoms with Gasteiger partial charge in [0.05, 0.1) is 5.02 Å². The van der Waals surface area contributed by atoms with Gasteiger partial charge >= 0.3 is 0 Å². The van der Waals surface area contributed by atoms with Crippen LogP contribution in [0, 0.1) is 6.92 Å². The molecule has 0 saturated heterocycles. The van der Waals surface area contributed by atoms with Crippen LogP contribution >= 0.6 is 22.9 Å². The van der Waals surface area contributed by atoms with Crippen molar-refractivity contribution in [3.8, 4) is 0 Å². The number of rotatable bonds is 5. The molecule has 2 aromatic heterocycles. The first kappa shape index (κ1) is 13.5. The summed E-state index contributed by atoms with van der Waals surface area (Å²) in [6, 6.07) is 4.39. The lowest BCUT2D eigenvalue weighted by molar-refractivity contribution is 0.558. The summed E-state index contributed by atoms with van der Waals surface area (Å²) in [4.78, 5) is 5.28. The molecule has 0 saturated carbocycles. The minimum atomic E-state index is 0.281. The second kappa shape index (κ2) is 6.32. The monoisotopic (exact) mass is 280 g/mol. The zero-order valence-corrected chi connectivity index (χ0v) is 12.2. The van der Waals surface area contributed by atoms with Gasteiger partial charge in [0.1, 0.15) is 0 Å². The molecule has 0 bridgehead atoms. The molecule has 0 radical (unpaired) electrons. The van der Waals surface area contributed by atoms with Crippen molar-refractivity contribution in [2.45, 2.75) is 26.3 Å². The normalized spacial score (nSPS) is 12.6. The molecule has 2 heterocycles. The molecule has 2 aromatic rings. The highest BCUT2D eigenvalue weighted by molar-refractivity contribution is 7.10. The fourth-order valence-corrected chi connectivity index (χ4v) is 3.34. The van der Waals surface area contributed by atoms with Gasteiger partial charge in [0.15, 0.2) is 0 Å². The van der Waals surface area contributed by atoms with Gasteiger partial charge in [-0.2, -0.15) is 0 Å². The molecule has 96 valence electrons. The van der Waals surface area contributed by atoms with Crippen LogP contribution in [-0.2, 0) is 6.42 Å². The quantitative estimate of drug-likeness (QED) is 0.895. The summed E-state index contributed by atoms with van der Waals surface area (Å²) in [6.07, 6.45) is 4.61. The van der Waals surface area contributed by atoms with Crippen LogP contribution < -0.4 is 5.32 Å². The minimum Gasteiger partial charge on any atom is -0.309 e. The lowest BCUT2D eigenvalue weighted by atomic mass is 10.1. The minimum absolute atomic E-state index is 0.281. The van der Waals surface area contributed by atoms with Crippen LogP contribution in [0.5, 0.6) is 0 Å². The van der Waals surface area contributed by atoms with Gasteiger partial charge in [0.2, 0.25) is 0 Å². The van der Waals surface area contributed by atoms with E-state index in [2.05, 4.69) is 41.7 Å². The number of nitrogens with zero attached hydrogens (tertiary/aromatic N) is 1. The topological polar surface area (TPSA) is 24.9 Å². The van der Waals surface area contributed by atoms with Crippen LogP contribution in [0.2, 0.25) is 5.02 Å². The van der Waals surface area contributed by atoms with Crippen molar-refractivity contribution < 1.29 is 0 Å². The summed E-state index contributed by atoms with van der Waals surface area (Å²) < 4.78 is 0. The Morgan fingerprint density at radius 3 is 2.67 bits per heavy atom. The summed E-state index contributed by atoms with van der Waals surface area (Å²) >= 11 is 8.10. The van der Waals surface area contributed by atoms with Crippen molar-refractivity contribution in [3.05, 3.63) is 50.9 Å². The van der Waals surface area contributed by atoms with E-state index in [1.807, 2.05) is 12.4 Å². The van der Waals surface area contributed by atoms with Gasteiger partial charge in [0, 0.05) is 23.3 Å². The average molecular weight is 281 g/mol. The fourth-order valence-electron chi connectivity index (χ4n) is 1.94. The number of aromatic nitrogens is 1. The van der Waals surface area contributed by atoms with Gasteiger partial charge in [-0.1, -0.05) is 18.5 Å². The Bertz CT molecular complexity index is 496. The van der Waals surface area contributed by atoms with Crippen molar-refractivity contribution in [1.82, 2.24) is 10.3 Å². The Labute approximate surface area is 117 Å². The zero-order valence-electron chi connectivity index (χ0n) is 10.6. The lowest BCUT2D eigenvalue weighted by Gasteiger charge is -2.17. The van der Waals surface area contributed by atoms with Gasteiger partial charge in [-0.25, -0.2) is 0 Å². The van der Waals surface area contributed by atoms with Crippen LogP contribution in [-0.4, -0.2) is 11.5 Å². The summed E-state index contributed by atoms with van der Waals surface area (Å²) in [5, 5.41) is 6.53. The van der Waals surface area contributed by atoms with Crippen molar-refractivity contribution in [1.29, 1.82) is 0 Å². The lowest BCUT2D eigenvalue weighted by Crippen LogP contribution is -2.22. The zero-order chi connectivity index (χ0) is 13.0. The Hall–Kier alpha value is -0.900. The van der Waals surface area contributed by atoms with Crippen molar-refractivity contribution >= 4 is 22.9 Å². The number of halogens is 1. The molecule has 4 heteroatoms. The summed E-state index contributed by atoms with van der Waals surface area (Å²) in [5.41, 5.74) is 2.44. The Morgan fingerprint density at radius 2 is 2.11 bits per heavy atom. The molecule has 0 amide bonds. The van der Waals surface area contributed by atoms with Gasteiger partial charge in [0.25, 0.3) is 0 Å². The third-order valence-corrected chi connectivity index (χ3v) is 4.71. The highest BCUT2D eigenvalue weighted by Gasteiger charge is 2.17. The molecule has 1 N–H and O–H groups in total. The molecular weight excluding hydrogens is 264 g/mol. The van der Waals surface area contributed by atoms with Gasteiger partial charge in [-0.3, -0.25) is 4.98 Å². The molecule has 0 aliphatic carbocycles. The second-order valence-electron chi connectivity index (χ2n) is 4.27. The number of likely N-dealkylation sites (N-methyl/N-ethyl adjacent to an activating group) is 1. The number of nitrogens with one attached hydrogen (secondary N) is 1. The smallest absolute Gasteiger partial charge is 0.0590 e. The van der Waals surface area contributed by atoms with Crippen LogP contribution in [0.3, 0.4) is 0 Å². The maximum absolute atomic E-state index is 6.36. The van der Waals surface area contributed by atoms with Gasteiger partial charge in [-0.15, -0.1) is 11.3 Å². The van der Waals surface area contributed by atoms with E-state index in [1.54, 1.807) is 11.3 Å². The number of hydrogen-bond acceptors (Lipinski definition) is 3. The predicted octanol–water partition coefficient (Wildman–Crippen LogP) is 4.00. The van der Waals surface area contributed by atoms with Crippen LogP contribution in [0.1, 0.15) is 29.0 Å². The molecule has 0 fully saturated rings. The molecule has 2 rings (SSSR count). The van der Waals surface area contributed by atoms with E-state index in [0.29, 0.717) is 0 Å². The molecule has 1 atom stereocenters. The van der Waals surface area contributed by atoms with Crippen LogP contribution in [0.25, 0.3) is 0 Å². The van der Waals surface area contributed by atoms with E-state index < -0.39 is 0 Å². The van der Waals surface area contributed by atoms with Crippen LogP contribution in [0.4, 0.5) is 0 Å². The van der Waals surface area contributed by atoms with Crippen LogP contribution in [0.15, 0.2) is 29.9 Å². The molecular formula is C14H17ClN2S. The number of thiophene rings is 1. The second-order valence-corrected chi connectivity index (χ2v) is 5.56. The number of pyridine rings is 1. The van der Waals surface area contributed by atoms with Gasteiger partial charge in [-0.05, 0) is 48.5 Å². The van der Waals surface area contributed by atoms with Crippen molar-refractivity contribution in [3.63, 3.8) is 0 Å². The number of hydrogen-bond donors (Lipinski definition) is 1. The fraction of sp³-hybridized carbons (Fsp3) is 0.357. The summed E-state index contributed by atoms with van der Waals surface area (Å²) in [5.74, 6) is 0. The Kier molecular flexibility index (Phi) is 4.75. The maximum Gasteiger partial charge on any atom is 0.0590 e. The molecule has 0 aromatic carbocycles. The molecule has 0 spiro atoms. The number of aryl methyl sites for hydroxylation is 1. The van der Waals surface area contributed by atoms with E-state index in [4.69, 9.17) is 11.6 Å². The predicted molar refractivity (Wildman–Crippen MR) is 78.4 cm³/mol. The average Bonchev–Trinajstić information content (AvgIpc) is 2.71. The van der Waals surface area contributed by atoms with Gasteiger partial charge < -0.3 is 5.32 Å². The molecule has 2 nitrogen and oxygen atoms in total. The van der Waals surface area contributed by atoms with Crippen molar-refractivity contribution in [2.24, 2.45) is 0 Å². The van der Waals surface area contributed by atoms with Crippen molar-refractivity contribution in [2.75, 3.05) is 6.54 Å². The maximum atomic E-state index is 6.36. The molecule has 0 aliphatic rings. The first-order valence-electron chi connectivity index (χ1n) is 6.08. The summed E-state index contributed by atoms with van der Waals surface area (Å²) in [6.45, 7) is 5.11. The Balaban J connectivity index is 2.21. The summed E-state index contributed by atoms with van der Waals surface area (Å²) in [7, 11) is 0. The molecule has 18 heavy (non-hydrogen) atoms. The highest BCUT2D eigenvalue weighted by atomic mass is 35.5. The SMILES string of the molecule is CCNC(Cc1ccncc1)c1scc(C)c1Cl. The van der Waals surface area contributed by atoms with E-state index in [0.717, 1.165) is 23.6 Å². The standard InChI is InChI=1S/C14H17ClN2S/c1-3-17-12(8-11-4-6-16-7-5-11)14-13(15)10(2)9-18-14/h4-7,9,12,17H,3,8H2,1-2H3. The van der Waals surface area contributed by atoms with E-state index >= 15 is 0 Å². The van der Waals surface area contributed by atoms with E-state index in [-0.39, 0.29) is 6.04 Å². The molecule has 0 aliphatic heterocycles. The molecule has 1 unspecified atom stereocenters. The van der Waals surface area contributed by atoms with E-state index in [1.165, 1.54) is 10.4 Å². The van der Waals surface area contributed by atoms with E-state index in [9.17, 15) is 0 Å². The Morgan fingerprint density at radius 1 is 1.39 bits per heavy atom. The third kappa shape index (κ3) is 3.10. The highest BCUT2D eigenvalue weighted by Crippen LogP contribution is 2.33. The third-order valence-electron chi connectivity index (χ3n) is 2.88. The first-order valence-corrected chi connectivity index (χ1v) is 7.34. The largest absolute Gasteiger partial charge is 0.309 e.